The van der Waals surface area contributed by atoms with E-state index in [1.54, 1.807) is 0 Å². The van der Waals surface area contributed by atoms with Crippen LogP contribution in [0.1, 0.15) is 63.2 Å². The molecule has 0 radical (unpaired) electrons. The van der Waals surface area contributed by atoms with Crippen LogP contribution in [0.25, 0.3) is 0 Å². The van der Waals surface area contributed by atoms with Crippen molar-refractivity contribution in [1.82, 2.24) is 15.5 Å². The zero-order valence-corrected chi connectivity index (χ0v) is 12.3. The molecule has 0 spiro atoms. The Bertz CT molecular complexity index is 407. The first-order valence-corrected chi connectivity index (χ1v) is 8.02. The summed E-state index contributed by atoms with van der Waals surface area (Å²) in [4.78, 5) is 4.59. The topological polar surface area (TPSA) is 60.2 Å². The fourth-order valence-corrected chi connectivity index (χ4v) is 3.20. The van der Waals surface area contributed by atoms with Crippen molar-refractivity contribution in [2.75, 3.05) is 13.2 Å². The van der Waals surface area contributed by atoms with Crippen molar-refractivity contribution in [3.8, 4) is 0 Å². The fraction of sp³-hybridized carbons (Fsp3) is 0.867. The minimum Gasteiger partial charge on any atom is -0.378 e. The minimum absolute atomic E-state index is 0.285. The number of nitrogens with one attached hydrogen (secondary N) is 1. The van der Waals surface area contributed by atoms with Crippen molar-refractivity contribution < 1.29 is 9.26 Å². The molecule has 2 heterocycles. The number of hydrogen-bond acceptors (Lipinski definition) is 5. The maximum Gasteiger partial charge on any atom is 0.226 e. The quantitative estimate of drug-likeness (QED) is 0.898. The highest BCUT2D eigenvalue weighted by Crippen LogP contribution is 2.32. The van der Waals surface area contributed by atoms with E-state index >= 15 is 0 Å². The zero-order chi connectivity index (χ0) is 13.8. The van der Waals surface area contributed by atoms with E-state index in [0.29, 0.717) is 12.0 Å². The lowest BCUT2D eigenvalue weighted by atomic mass is 9.80. The summed E-state index contributed by atoms with van der Waals surface area (Å²) in [5.41, 5.74) is 0. The number of ether oxygens (including phenoxy) is 1. The van der Waals surface area contributed by atoms with Gasteiger partial charge in [-0.15, -0.1) is 0 Å². The van der Waals surface area contributed by atoms with Gasteiger partial charge in [0.15, 0.2) is 5.82 Å². The lowest BCUT2D eigenvalue weighted by Gasteiger charge is -2.33. The molecule has 1 atom stereocenters. The van der Waals surface area contributed by atoms with Gasteiger partial charge in [0.05, 0.1) is 12.1 Å². The van der Waals surface area contributed by atoms with E-state index in [2.05, 4.69) is 22.4 Å². The van der Waals surface area contributed by atoms with Crippen LogP contribution in [0.4, 0.5) is 0 Å². The standard InChI is InChI=1S/C15H25N3O2/c1-2-19-12-8-11(9-12)10-14-17-15(18-20-14)13-6-4-3-5-7-16-13/h11-13,16H,2-10H2,1H3. The highest BCUT2D eigenvalue weighted by atomic mass is 16.5. The molecule has 1 N–H and O–H groups in total. The van der Waals surface area contributed by atoms with Crippen molar-refractivity contribution >= 4 is 0 Å². The molecule has 1 unspecified atom stereocenters. The number of hydrogen-bond donors (Lipinski definition) is 1. The lowest BCUT2D eigenvalue weighted by molar-refractivity contribution is -0.0258. The summed E-state index contributed by atoms with van der Waals surface area (Å²) in [6.07, 6.45) is 8.55. The molecule has 1 saturated carbocycles. The Morgan fingerprint density at radius 1 is 1.30 bits per heavy atom. The van der Waals surface area contributed by atoms with E-state index in [-0.39, 0.29) is 6.04 Å². The molecule has 20 heavy (non-hydrogen) atoms. The number of aromatic nitrogens is 2. The Balaban J connectivity index is 1.49. The van der Waals surface area contributed by atoms with Crippen LogP contribution in [-0.4, -0.2) is 29.4 Å². The molecular weight excluding hydrogens is 254 g/mol. The molecular formula is C15H25N3O2. The summed E-state index contributed by atoms with van der Waals surface area (Å²) < 4.78 is 11.0. The smallest absolute Gasteiger partial charge is 0.226 e. The summed E-state index contributed by atoms with van der Waals surface area (Å²) in [5, 5.41) is 7.68. The Kier molecular flexibility index (Phi) is 4.68. The van der Waals surface area contributed by atoms with Gasteiger partial charge in [-0.3, -0.25) is 0 Å². The first kappa shape index (κ1) is 14.0. The van der Waals surface area contributed by atoms with Gasteiger partial charge in [-0.2, -0.15) is 4.98 Å². The largest absolute Gasteiger partial charge is 0.378 e. The van der Waals surface area contributed by atoms with Crippen molar-refractivity contribution in [2.45, 2.75) is 64.0 Å². The highest BCUT2D eigenvalue weighted by Gasteiger charge is 2.31. The van der Waals surface area contributed by atoms with Crippen molar-refractivity contribution in [3.63, 3.8) is 0 Å². The number of rotatable bonds is 5. The fourth-order valence-electron chi connectivity index (χ4n) is 3.20. The molecule has 5 heteroatoms. The van der Waals surface area contributed by atoms with Gasteiger partial charge in [-0.1, -0.05) is 18.0 Å². The molecule has 1 saturated heterocycles. The molecule has 1 aliphatic carbocycles. The SMILES string of the molecule is CCOC1CC(Cc2nc(C3CCCCCN3)no2)C1. The second kappa shape index (κ2) is 6.68. The van der Waals surface area contributed by atoms with Crippen LogP contribution < -0.4 is 5.32 Å². The van der Waals surface area contributed by atoms with Crippen LogP contribution in [0.3, 0.4) is 0 Å². The maximum atomic E-state index is 5.58. The molecule has 1 aliphatic heterocycles. The molecule has 0 amide bonds. The van der Waals surface area contributed by atoms with Crippen LogP contribution in [0, 0.1) is 5.92 Å². The second-order valence-electron chi connectivity index (χ2n) is 6.02. The third-order valence-electron chi connectivity index (χ3n) is 4.41. The normalized spacial score (nSPS) is 30.8. The van der Waals surface area contributed by atoms with Crippen LogP contribution >= 0.6 is 0 Å². The molecule has 5 nitrogen and oxygen atoms in total. The van der Waals surface area contributed by atoms with E-state index in [1.165, 1.54) is 19.3 Å². The van der Waals surface area contributed by atoms with Gasteiger partial charge in [0, 0.05) is 13.0 Å². The van der Waals surface area contributed by atoms with Gasteiger partial charge in [0.1, 0.15) is 0 Å². The molecule has 0 aromatic carbocycles. The second-order valence-corrected chi connectivity index (χ2v) is 6.02. The molecule has 2 aliphatic rings. The third kappa shape index (κ3) is 3.38. The molecule has 1 aromatic heterocycles. The van der Waals surface area contributed by atoms with Crippen molar-refractivity contribution in [1.29, 1.82) is 0 Å². The van der Waals surface area contributed by atoms with Gasteiger partial charge in [0.25, 0.3) is 0 Å². The van der Waals surface area contributed by atoms with Crippen molar-refractivity contribution in [2.24, 2.45) is 5.92 Å². The average Bonchev–Trinajstić information content (AvgIpc) is 2.70. The summed E-state index contributed by atoms with van der Waals surface area (Å²) in [7, 11) is 0. The summed E-state index contributed by atoms with van der Waals surface area (Å²) in [6, 6.07) is 0.285. The maximum absolute atomic E-state index is 5.58. The first-order valence-electron chi connectivity index (χ1n) is 8.02. The molecule has 112 valence electrons. The summed E-state index contributed by atoms with van der Waals surface area (Å²) in [5.74, 6) is 2.30. The monoisotopic (exact) mass is 279 g/mol. The Labute approximate surface area is 120 Å². The summed E-state index contributed by atoms with van der Waals surface area (Å²) in [6.45, 7) is 3.93. The van der Waals surface area contributed by atoms with E-state index in [4.69, 9.17) is 9.26 Å². The van der Waals surface area contributed by atoms with Gasteiger partial charge in [0.2, 0.25) is 5.89 Å². The first-order chi connectivity index (χ1) is 9.85. The number of nitrogens with zero attached hydrogens (tertiary/aromatic N) is 2. The van der Waals surface area contributed by atoms with E-state index in [9.17, 15) is 0 Å². The van der Waals surface area contributed by atoms with Crippen LogP contribution in [-0.2, 0) is 11.2 Å². The van der Waals surface area contributed by atoms with E-state index < -0.39 is 0 Å². The highest BCUT2D eigenvalue weighted by molar-refractivity contribution is 4.97. The predicted molar refractivity (Wildman–Crippen MR) is 75.4 cm³/mol. The lowest BCUT2D eigenvalue weighted by Crippen LogP contribution is -2.32. The van der Waals surface area contributed by atoms with Gasteiger partial charge in [-0.25, -0.2) is 0 Å². The third-order valence-corrected chi connectivity index (χ3v) is 4.41. The van der Waals surface area contributed by atoms with Crippen LogP contribution in [0.5, 0.6) is 0 Å². The van der Waals surface area contributed by atoms with E-state index in [0.717, 1.165) is 50.6 Å². The predicted octanol–water partition coefficient (Wildman–Crippen LogP) is 2.63. The Morgan fingerprint density at radius 2 is 2.20 bits per heavy atom. The Hall–Kier alpha value is -0.940. The van der Waals surface area contributed by atoms with Crippen LogP contribution in [0.15, 0.2) is 4.52 Å². The van der Waals surface area contributed by atoms with Gasteiger partial charge >= 0.3 is 0 Å². The van der Waals surface area contributed by atoms with Gasteiger partial charge < -0.3 is 14.6 Å². The van der Waals surface area contributed by atoms with Crippen molar-refractivity contribution in [3.05, 3.63) is 11.7 Å². The van der Waals surface area contributed by atoms with Crippen LogP contribution in [0.2, 0.25) is 0 Å². The molecule has 2 fully saturated rings. The van der Waals surface area contributed by atoms with Gasteiger partial charge in [-0.05, 0) is 45.1 Å². The molecule has 3 rings (SSSR count). The molecule has 0 bridgehead atoms. The zero-order valence-electron chi connectivity index (χ0n) is 12.3. The molecule has 1 aromatic rings. The van der Waals surface area contributed by atoms with E-state index in [1.807, 2.05) is 0 Å². The average molecular weight is 279 g/mol. The minimum atomic E-state index is 0.285. The Morgan fingerprint density at radius 3 is 3.05 bits per heavy atom. The summed E-state index contributed by atoms with van der Waals surface area (Å²) >= 11 is 0.